The lowest BCUT2D eigenvalue weighted by Crippen LogP contribution is -2.52. The number of likely N-dealkylation sites (N-methyl/N-ethyl adjacent to an activating group) is 1. The number of nitrogens with zero attached hydrogens (tertiary/aromatic N) is 1. The first-order valence-corrected chi connectivity index (χ1v) is 8.35. The Hall–Kier alpha value is -0.610. The summed E-state index contributed by atoms with van der Waals surface area (Å²) in [6.07, 6.45) is 9.01. The summed E-state index contributed by atoms with van der Waals surface area (Å²) in [7, 11) is 0. The van der Waals surface area contributed by atoms with E-state index in [9.17, 15) is 9.90 Å². The summed E-state index contributed by atoms with van der Waals surface area (Å²) in [6.45, 7) is 8.07. The Bertz CT molecular complexity index is 276. The third-order valence-electron chi connectivity index (χ3n) is 4.55. The fourth-order valence-corrected chi connectivity index (χ4v) is 3.20. The number of hydrogen-bond acceptors (Lipinski definition) is 3. The number of carboxylic acids is 1. The largest absolute Gasteiger partial charge is 0.480 e. The van der Waals surface area contributed by atoms with Crippen LogP contribution in [-0.2, 0) is 4.79 Å². The first-order chi connectivity index (χ1) is 9.64. The summed E-state index contributed by atoms with van der Waals surface area (Å²) in [4.78, 5) is 14.1. The molecular formula is C16H32N2O2. The third kappa shape index (κ3) is 5.41. The van der Waals surface area contributed by atoms with Crippen molar-refractivity contribution in [3.8, 4) is 0 Å². The van der Waals surface area contributed by atoms with Crippen molar-refractivity contribution < 1.29 is 9.90 Å². The van der Waals surface area contributed by atoms with Crippen LogP contribution in [0.25, 0.3) is 0 Å². The number of aliphatic carboxylic acids is 1. The summed E-state index contributed by atoms with van der Waals surface area (Å²) in [5, 5.41) is 12.7. The van der Waals surface area contributed by atoms with Crippen LogP contribution in [0, 0.1) is 0 Å². The quantitative estimate of drug-likeness (QED) is 0.719. The molecule has 1 heterocycles. The van der Waals surface area contributed by atoms with E-state index in [0.717, 1.165) is 19.4 Å². The number of rotatable bonds is 8. The van der Waals surface area contributed by atoms with Gasteiger partial charge in [0.2, 0.25) is 0 Å². The molecule has 1 aliphatic rings. The summed E-state index contributed by atoms with van der Waals surface area (Å²) >= 11 is 0. The van der Waals surface area contributed by atoms with E-state index in [1.807, 2.05) is 13.8 Å². The SMILES string of the molecule is CCNC(CC)(CCCN1CCCCCCC1)C(=O)O. The van der Waals surface area contributed by atoms with Crippen molar-refractivity contribution in [2.45, 2.75) is 70.8 Å². The van der Waals surface area contributed by atoms with Crippen molar-refractivity contribution in [2.24, 2.45) is 0 Å². The molecule has 0 aliphatic carbocycles. The van der Waals surface area contributed by atoms with Crippen LogP contribution in [0.2, 0.25) is 0 Å². The molecule has 0 bridgehead atoms. The summed E-state index contributed by atoms with van der Waals surface area (Å²) in [5.41, 5.74) is -0.725. The minimum atomic E-state index is -0.725. The van der Waals surface area contributed by atoms with Crippen LogP contribution in [0.4, 0.5) is 0 Å². The molecule has 118 valence electrons. The smallest absolute Gasteiger partial charge is 0.323 e. The van der Waals surface area contributed by atoms with Crippen LogP contribution < -0.4 is 5.32 Å². The molecule has 1 atom stereocenters. The van der Waals surface area contributed by atoms with Gasteiger partial charge in [0.15, 0.2) is 0 Å². The summed E-state index contributed by atoms with van der Waals surface area (Å²) in [6, 6.07) is 0. The molecule has 0 saturated carbocycles. The zero-order valence-corrected chi connectivity index (χ0v) is 13.3. The number of hydrogen-bond donors (Lipinski definition) is 2. The van der Waals surface area contributed by atoms with Gasteiger partial charge in [0.1, 0.15) is 5.54 Å². The van der Waals surface area contributed by atoms with E-state index < -0.39 is 11.5 Å². The lowest BCUT2D eigenvalue weighted by molar-refractivity contribution is -0.145. The van der Waals surface area contributed by atoms with Crippen molar-refractivity contribution >= 4 is 5.97 Å². The van der Waals surface area contributed by atoms with E-state index in [0.29, 0.717) is 13.0 Å². The predicted molar refractivity (Wildman–Crippen MR) is 83.1 cm³/mol. The molecular weight excluding hydrogens is 252 g/mol. The second-order valence-corrected chi connectivity index (χ2v) is 5.98. The third-order valence-corrected chi connectivity index (χ3v) is 4.55. The van der Waals surface area contributed by atoms with Gasteiger partial charge < -0.3 is 15.3 Å². The van der Waals surface area contributed by atoms with Gasteiger partial charge in [0.25, 0.3) is 0 Å². The van der Waals surface area contributed by atoms with E-state index in [4.69, 9.17) is 0 Å². The highest BCUT2D eigenvalue weighted by Gasteiger charge is 2.35. The average Bonchev–Trinajstić information content (AvgIpc) is 2.39. The molecule has 0 aromatic rings. The normalized spacial score (nSPS) is 20.9. The fourth-order valence-electron chi connectivity index (χ4n) is 3.20. The minimum absolute atomic E-state index is 0.649. The van der Waals surface area contributed by atoms with Crippen LogP contribution in [0.15, 0.2) is 0 Å². The lowest BCUT2D eigenvalue weighted by atomic mass is 9.90. The van der Waals surface area contributed by atoms with Gasteiger partial charge in [-0.3, -0.25) is 4.79 Å². The topological polar surface area (TPSA) is 52.6 Å². The Morgan fingerprint density at radius 2 is 1.75 bits per heavy atom. The van der Waals surface area contributed by atoms with Crippen LogP contribution in [0.5, 0.6) is 0 Å². The fraction of sp³-hybridized carbons (Fsp3) is 0.938. The number of carboxylic acid groups (broad SMARTS) is 1. The Kier molecular flexibility index (Phi) is 8.15. The van der Waals surface area contributed by atoms with Gasteiger partial charge >= 0.3 is 5.97 Å². The molecule has 2 N–H and O–H groups in total. The maximum Gasteiger partial charge on any atom is 0.323 e. The molecule has 1 unspecified atom stereocenters. The second kappa shape index (κ2) is 9.35. The molecule has 0 radical (unpaired) electrons. The Labute approximate surface area is 123 Å². The molecule has 0 aromatic carbocycles. The van der Waals surface area contributed by atoms with Crippen molar-refractivity contribution in [2.75, 3.05) is 26.2 Å². The van der Waals surface area contributed by atoms with Crippen LogP contribution in [0.3, 0.4) is 0 Å². The van der Waals surface area contributed by atoms with Crippen molar-refractivity contribution in [1.82, 2.24) is 10.2 Å². The van der Waals surface area contributed by atoms with Crippen molar-refractivity contribution in [1.29, 1.82) is 0 Å². The van der Waals surface area contributed by atoms with Crippen LogP contribution >= 0.6 is 0 Å². The van der Waals surface area contributed by atoms with E-state index in [2.05, 4.69) is 10.2 Å². The zero-order valence-electron chi connectivity index (χ0n) is 13.3. The van der Waals surface area contributed by atoms with Gasteiger partial charge in [0, 0.05) is 0 Å². The molecule has 1 aliphatic heterocycles. The van der Waals surface area contributed by atoms with Gasteiger partial charge in [-0.25, -0.2) is 0 Å². The summed E-state index contributed by atoms with van der Waals surface area (Å²) in [5.74, 6) is -0.700. The Morgan fingerprint density at radius 1 is 1.15 bits per heavy atom. The molecule has 0 aromatic heterocycles. The van der Waals surface area contributed by atoms with Crippen LogP contribution in [-0.4, -0.2) is 47.7 Å². The lowest BCUT2D eigenvalue weighted by Gasteiger charge is -2.31. The van der Waals surface area contributed by atoms with Gasteiger partial charge in [-0.1, -0.05) is 33.1 Å². The number of likely N-dealkylation sites (tertiary alicyclic amines) is 1. The van der Waals surface area contributed by atoms with E-state index in [1.54, 1.807) is 0 Å². The molecule has 1 fully saturated rings. The average molecular weight is 284 g/mol. The highest BCUT2D eigenvalue weighted by molar-refractivity contribution is 5.78. The highest BCUT2D eigenvalue weighted by Crippen LogP contribution is 2.19. The van der Waals surface area contributed by atoms with Crippen LogP contribution in [0.1, 0.15) is 65.2 Å². The molecule has 0 amide bonds. The van der Waals surface area contributed by atoms with Gasteiger partial charge in [-0.2, -0.15) is 0 Å². The van der Waals surface area contributed by atoms with Gasteiger partial charge in [-0.15, -0.1) is 0 Å². The Balaban J connectivity index is 2.40. The predicted octanol–water partition coefficient (Wildman–Crippen LogP) is 2.88. The standard InChI is InChI=1S/C16H32N2O2/c1-3-16(15(19)20,17-4-2)11-10-14-18-12-8-6-5-7-9-13-18/h17H,3-14H2,1-2H3,(H,19,20). The van der Waals surface area contributed by atoms with E-state index in [1.165, 1.54) is 45.2 Å². The first-order valence-electron chi connectivity index (χ1n) is 8.35. The first kappa shape index (κ1) is 17.4. The molecule has 4 heteroatoms. The van der Waals surface area contributed by atoms with E-state index in [-0.39, 0.29) is 0 Å². The molecule has 1 rings (SSSR count). The number of nitrogens with one attached hydrogen (secondary N) is 1. The molecule has 4 nitrogen and oxygen atoms in total. The Morgan fingerprint density at radius 3 is 2.25 bits per heavy atom. The van der Waals surface area contributed by atoms with E-state index >= 15 is 0 Å². The van der Waals surface area contributed by atoms with Gasteiger partial charge in [-0.05, 0) is 58.3 Å². The molecule has 1 saturated heterocycles. The summed E-state index contributed by atoms with van der Waals surface area (Å²) < 4.78 is 0. The molecule has 0 spiro atoms. The second-order valence-electron chi connectivity index (χ2n) is 5.98. The number of carbonyl (C=O) groups is 1. The highest BCUT2D eigenvalue weighted by atomic mass is 16.4. The monoisotopic (exact) mass is 284 g/mol. The zero-order chi connectivity index (χ0) is 14.8. The van der Waals surface area contributed by atoms with Crippen molar-refractivity contribution in [3.63, 3.8) is 0 Å². The van der Waals surface area contributed by atoms with Gasteiger partial charge in [0.05, 0.1) is 0 Å². The maximum atomic E-state index is 11.5. The van der Waals surface area contributed by atoms with Crippen molar-refractivity contribution in [3.05, 3.63) is 0 Å². The maximum absolute atomic E-state index is 11.5. The minimum Gasteiger partial charge on any atom is -0.480 e. The molecule has 20 heavy (non-hydrogen) atoms.